The molecule has 31 heavy (non-hydrogen) atoms. The van der Waals surface area contributed by atoms with Gasteiger partial charge in [0.25, 0.3) is 5.91 Å². The summed E-state index contributed by atoms with van der Waals surface area (Å²) in [5.74, 6) is 0.324. The van der Waals surface area contributed by atoms with E-state index in [1.54, 1.807) is 12.1 Å². The largest absolute Gasteiger partial charge is 0.508 e. The molecule has 0 spiro atoms. The molecule has 5 heteroatoms. The van der Waals surface area contributed by atoms with Crippen LogP contribution in [0.15, 0.2) is 59.1 Å². The van der Waals surface area contributed by atoms with Crippen LogP contribution in [-0.4, -0.2) is 27.4 Å². The van der Waals surface area contributed by atoms with Crippen molar-refractivity contribution < 1.29 is 9.90 Å². The summed E-state index contributed by atoms with van der Waals surface area (Å²) in [6.07, 6.45) is 0.808. The Morgan fingerprint density at radius 2 is 1.90 bits per heavy atom. The van der Waals surface area contributed by atoms with Gasteiger partial charge in [0.1, 0.15) is 11.4 Å². The number of phenolic OH excluding ortho intramolecular Hbond substituents is 1. The number of aromatic nitrogens is 1. The third-order valence-electron chi connectivity index (χ3n) is 6.29. The number of aromatic amines is 1. The minimum Gasteiger partial charge on any atom is -0.508 e. The molecule has 1 aliphatic heterocycles. The lowest BCUT2D eigenvalue weighted by atomic mass is 9.89. The topological polar surface area (TPSA) is 56.3 Å². The Balaban J connectivity index is 1.48. The summed E-state index contributed by atoms with van der Waals surface area (Å²) in [4.78, 5) is 18.6. The quantitative estimate of drug-likeness (QED) is 0.367. The van der Waals surface area contributed by atoms with E-state index in [9.17, 15) is 9.90 Å². The van der Waals surface area contributed by atoms with Crippen LogP contribution < -0.4 is 0 Å². The summed E-state index contributed by atoms with van der Waals surface area (Å²) >= 11 is 3.52. The van der Waals surface area contributed by atoms with Crippen molar-refractivity contribution in [1.29, 1.82) is 0 Å². The van der Waals surface area contributed by atoms with E-state index in [0.717, 1.165) is 38.5 Å². The molecule has 1 amide bonds. The molecule has 4 nitrogen and oxygen atoms in total. The summed E-state index contributed by atoms with van der Waals surface area (Å²) in [5, 5.41) is 10.8. The number of rotatable bonds is 2. The highest BCUT2D eigenvalue weighted by molar-refractivity contribution is 9.10. The van der Waals surface area contributed by atoms with Crippen LogP contribution in [0.3, 0.4) is 0 Å². The maximum absolute atomic E-state index is 13.4. The zero-order valence-corrected chi connectivity index (χ0v) is 19.1. The molecule has 2 N–H and O–H groups in total. The maximum atomic E-state index is 13.4. The summed E-state index contributed by atoms with van der Waals surface area (Å²) in [6.45, 7) is 5.29. The van der Waals surface area contributed by atoms with Crippen molar-refractivity contribution in [3.63, 3.8) is 0 Å². The van der Waals surface area contributed by atoms with Crippen LogP contribution in [-0.2, 0) is 13.0 Å². The number of aryl methyl sites for hydroxylation is 2. The number of benzene rings is 3. The SMILES string of the molecule is Cc1cc(O)ccc1-c1cccc2c1CCN(C(=O)c1[nH]c3ccc(Br)cc3c1C)C2. The Kier molecular flexibility index (Phi) is 4.86. The van der Waals surface area contributed by atoms with Gasteiger partial charge in [-0.15, -0.1) is 0 Å². The molecule has 1 aliphatic rings. The van der Waals surface area contributed by atoms with Gasteiger partial charge < -0.3 is 15.0 Å². The van der Waals surface area contributed by atoms with E-state index in [1.807, 2.05) is 36.9 Å². The molecular formula is C26H23BrN2O2. The minimum atomic E-state index is 0.0432. The number of carbonyl (C=O) groups excluding carboxylic acids is 1. The van der Waals surface area contributed by atoms with Gasteiger partial charge in [-0.2, -0.15) is 0 Å². The van der Waals surface area contributed by atoms with E-state index in [0.29, 0.717) is 18.8 Å². The maximum Gasteiger partial charge on any atom is 0.270 e. The van der Waals surface area contributed by atoms with E-state index < -0.39 is 0 Å². The Hall–Kier alpha value is -3.05. The number of hydrogen-bond acceptors (Lipinski definition) is 2. The monoisotopic (exact) mass is 474 g/mol. The van der Waals surface area contributed by atoms with E-state index >= 15 is 0 Å². The van der Waals surface area contributed by atoms with E-state index in [1.165, 1.54) is 16.7 Å². The lowest BCUT2D eigenvalue weighted by molar-refractivity contribution is 0.0729. The standard InChI is InChI=1S/C26H23BrN2O2/c1-15-12-19(30)7-8-20(15)22-5-3-4-17-14-29(11-10-21(17)22)26(31)25-16(2)23-13-18(27)6-9-24(23)28-25/h3-9,12-13,28,30H,10-11,14H2,1-2H3. The number of hydrogen-bond donors (Lipinski definition) is 2. The van der Waals surface area contributed by atoms with Crippen molar-refractivity contribution in [3.8, 4) is 16.9 Å². The molecule has 0 saturated carbocycles. The number of nitrogens with one attached hydrogen (secondary N) is 1. The first kappa shape index (κ1) is 19.9. The molecule has 5 rings (SSSR count). The fraction of sp³-hybridized carbons (Fsp3) is 0.192. The molecule has 156 valence electrons. The number of fused-ring (bicyclic) bond motifs is 2. The smallest absolute Gasteiger partial charge is 0.270 e. The van der Waals surface area contributed by atoms with Crippen LogP contribution >= 0.6 is 15.9 Å². The average molecular weight is 475 g/mol. The second kappa shape index (κ2) is 7.57. The summed E-state index contributed by atoms with van der Waals surface area (Å²) in [5.41, 5.74) is 8.47. The van der Waals surface area contributed by atoms with Gasteiger partial charge in [0, 0.05) is 28.5 Å². The number of amides is 1. The van der Waals surface area contributed by atoms with Gasteiger partial charge in [-0.05, 0) is 84.0 Å². The lowest BCUT2D eigenvalue weighted by Gasteiger charge is -2.30. The third kappa shape index (κ3) is 3.43. The molecular weight excluding hydrogens is 452 g/mol. The lowest BCUT2D eigenvalue weighted by Crippen LogP contribution is -2.36. The molecule has 2 heterocycles. The van der Waals surface area contributed by atoms with Gasteiger partial charge in [0.2, 0.25) is 0 Å². The molecule has 0 atom stereocenters. The molecule has 0 aliphatic carbocycles. The van der Waals surface area contributed by atoms with Gasteiger partial charge in [-0.1, -0.05) is 40.2 Å². The second-order valence-corrected chi connectivity index (χ2v) is 9.15. The van der Waals surface area contributed by atoms with Crippen molar-refractivity contribution in [3.05, 3.63) is 87.0 Å². The van der Waals surface area contributed by atoms with E-state index in [4.69, 9.17) is 0 Å². The van der Waals surface area contributed by atoms with Crippen molar-refractivity contribution in [2.45, 2.75) is 26.8 Å². The predicted molar refractivity (Wildman–Crippen MR) is 127 cm³/mol. The van der Waals surface area contributed by atoms with Gasteiger partial charge in [0.15, 0.2) is 0 Å². The number of carbonyl (C=O) groups is 1. The normalized spacial score (nSPS) is 13.5. The van der Waals surface area contributed by atoms with Gasteiger partial charge in [0.05, 0.1) is 0 Å². The van der Waals surface area contributed by atoms with Gasteiger partial charge in [-0.25, -0.2) is 0 Å². The number of phenols is 1. The van der Waals surface area contributed by atoms with Crippen molar-refractivity contribution in [1.82, 2.24) is 9.88 Å². The zero-order chi connectivity index (χ0) is 21.7. The van der Waals surface area contributed by atoms with E-state index in [-0.39, 0.29) is 11.7 Å². The number of halogens is 1. The first-order chi connectivity index (χ1) is 14.9. The molecule has 0 bridgehead atoms. The molecule has 0 radical (unpaired) electrons. The first-order valence-electron chi connectivity index (χ1n) is 10.4. The van der Waals surface area contributed by atoms with Gasteiger partial charge >= 0.3 is 0 Å². The van der Waals surface area contributed by atoms with Crippen molar-refractivity contribution in [2.75, 3.05) is 6.54 Å². The highest BCUT2D eigenvalue weighted by atomic mass is 79.9. The van der Waals surface area contributed by atoms with Gasteiger partial charge in [-0.3, -0.25) is 4.79 Å². The predicted octanol–water partition coefficient (Wildman–Crippen LogP) is 6.12. The summed E-state index contributed by atoms with van der Waals surface area (Å²) < 4.78 is 1.00. The zero-order valence-electron chi connectivity index (χ0n) is 17.5. The minimum absolute atomic E-state index is 0.0432. The first-order valence-corrected chi connectivity index (χ1v) is 11.2. The molecule has 0 saturated heterocycles. The Bertz CT molecular complexity index is 1340. The van der Waals surface area contributed by atoms with E-state index in [2.05, 4.69) is 45.2 Å². The second-order valence-electron chi connectivity index (χ2n) is 8.23. The Morgan fingerprint density at radius 1 is 1.06 bits per heavy atom. The van der Waals surface area contributed by atoms with Crippen LogP contribution in [0.5, 0.6) is 5.75 Å². The highest BCUT2D eigenvalue weighted by Gasteiger charge is 2.26. The average Bonchev–Trinajstić information content (AvgIpc) is 3.08. The van der Waals surface area contributed by atoms with Crippen LogP contribution in [0, 0.1) is 13.8 Å². The Morgan fingerprint density at radius 3 is 2.71 bits per heavy atom. The van der Waals surface area contributed by atoms with Crippen molar-refractivity contribution in [2.24, 2.45) is 0 Å². The number of H-pyrrole nitrogens is 1. The fourth-order valence-corrected chi connectivity index (χ4v) is 5.02. The molecule has 0 fully saturated rings. The van der Waals surface area contributed by atoms with Crippen LogP contribution in [0.1, 0.15) is 32.7 Å². The Labute approximate surface area is 189 Å². The number of nitrogens with zero attached hydrogens (tertiary/aromatic N) is 1. The van der Waals surface area contributed by atoms with Crippen molar-refractivity contribution >= 4 is 32.7 Å². The number of aromatic hydroxyl groups is 1. The van der Waals surface area contributed by atoms with Crippen LogP contribution in [0.25, 0.3) is 22.0 Å². The molecule has 1 aromatic heterocycles. The summed E-state index contributed by atoms with van der Waals surface area (Å²) in [6, 6.07) is 17.8. The fourth-order valence-electron chi connectivity index (χ4n) is 4.66. The molecule has 3 aromatic carbocycles. The highest BCUT2D eigenvalue weighted by Crippen LogP contribution is 2.34. The molecule has 4 aromatic rings. The van der Waals surface area contributed by atoms with Crippen LogP contribution in [0.4, 0.5) is 0 Å². The van der Waals surface area contributed by atoms with Crippen LogP contribution in [0.2, 0.25) is 0 Å². The third-order valence-corrected chi connectivity index (χ3v) is 6.78. The molecule has 0 unspecified atom stereocenters. The summed E-state index contributed by atoms with van der Waals surface area (Å²) in [7, 11) is 0.